The maximum Gasteiger partial charge on any atom is 0.239 e. The second-order valence-electron chi connectivity index (χ2n) is 3.55. The first-order valence-corrected chi connectivity index (χ1v) is 6.00. The Labute approximate surface area is 82.7 Å². The molecule has 78 valence electrons. The maximum absolute atomic E-state index is 11.1. The standard InChI is InChI=1S/C8H13N3O2S/c9-4-7-3-8(14(10,12)13)5-11(7)6-1-2-6/h3,5-6H,1-2,4,9H2,(H2,10,12,13). The predicted octanol–water partition coefficient (Wildman–Crippen LogP) is -0.0709. The van der Waals surface area contributed by atoms with E-state index in [0.29, 0.717) is 12.6 Å². The fourth-order valence-electron chi connectivity index (χ4n) is 1.51. The molecule has 0 saturated heterocycles. The molecule has 5 nitrogen and oxygen atoms in total. The summed E-state index contributed by atoms with van der Waals surface area (Å²) in [6, 6.07) is 1.97. The van der Waals surface area contributed by atoms with Crippen LogP contribution in [0.3, 0.4) is 0 Å². The number of nitrogens with zero attached hydrogens (tertiary/aromatic N) is 1. The highest BCUT2D eigenvalue weighted by atomic mass is 32.2. The van der Waals surface area contributed by atoms with Gasteiger partial charge in [0.15, 0.2) is 0 Å². The summed E-state index contributed by atoms with van der Waals surface area (Å²) in [5.74, 6) is 0. The topological polar surface area (TPSA) is 91.1 Å². The van der Waals surface area contributed by atoms with Crippen molar-refractivity contribution in [1.29, 1.82) is 0 Å². The van der Waals surface area contributed by atoms with E-state index in [0.717, 1.165) is 18.5 Å². The summed E-state index contributed by atoms with van der Waals surface area (Å²) in [5, 5.41) is 5.03. The molecule has 1 fully saturated rings. The zero-order valence-electron chi connectivity index (χ0n) is 7.68. The van der Waals surface area contributed by atoms with Gasteiger partial charge in [-0.05, 0) is 18.9 Å². The number of nitrogens with two attached hydrogens (primary N) is 2. The normalized spacial score (nSPS) is 17.3. The fourth-order valence-corrected chi connectivity index (χ4v) is 2.07. The Morgan fingerprint density at radius 2 is 2.14 bits per heavy atom. The monoisotopic (exact) mass is 215 g/mol. The van der Waals surface area contributed by atoms with E-state index in [1.165, 1.54) is 0 Å². The van der Waals surface area contributed by atoms with E-state index in [2.05, 4.69) is 0 Å². The molecule has 0 bridgehead atoms. The molecule has 1 aliphatic rings. The Hall–Kier alpha value is -0.850. The van der Waals surface area contributed by atoms with Crippen LogP contribution in [-0.4, -0.2) is 13.0 Å². The van der Waals surface area contributed by atoms with Gasteiger partial charge in [-0.25, -0.2) is 13.6 Å². The van der Waals surface area contributed by atoms with Crippen LogP contribution >= 0.6 is 0 Å². The molecule has 1 heterocycles. The lowest BCUT2D eigenvalue weighted by Crippen LogP contribution is -2.11. The van der Waals surface area contributed by atoms with E-state index >= 15 is 0 Å². The number of sulfonamides is 1. The lowest BCUT2D eigenvalue weighted by Gasteiger charge is -2.03. The Morgan fingerprint density at radius 3 is 2.57 bits per heavy atom. The Morgan fingerprint density at radius 1 is 1.50 bits per heavy atom. The molecule has 14 heavy (non-hydrogen) atoms. The quantitative estimate of drug-likeness (QED) is 0.739. The molecule has 0 amide bonds. The highest BCUT2D eigenvalue weighted by Crippen LogP contribution is 2.37. The number of aromatic nitrogens is 1. The maximum atomic E-state index is 11.1. The summed E-state index contributed by atoms with van der Waals surface area (Å²) in [6.07, 6.45) is 3.76. The van der Waals surface area contributed by atoms with Crippen LogP contribution < -0.4 is 10.9 Å². The van der Waals surface area contributed by atoms with Gasteiger partial charge in [0, 0.05) is 24.5 Å². The van der Waals surface area contributed by atoms with Gasteiger partial charge in [0.05, 0.1) is 4.90 Å². The van der Waals surface area contributed by atoms with Crippen molar-refractivity contribution in [3.63, 3.8) is 0 Å². The third-order valence-corrected chi connectivity index (χ3v) is 3.27. The van der Waals surface area contributed by atoms with Crippen LogP contribution in [-0.2, 0) is 16.6 Å². The van der Waals surface area contributed by atoms with Gasteiger partial charge in [-0.2, -0.15) is 0 Å². The van der Waals surface area contributed by atoms with Crippen molar-refractivity contribution in [2.24, 2.45) is 10.9 Å². The lowest BCUT2D eigenvalue weighted by molar-refractivity contribution is 0.597. The van der Waals surface area contributed by atoms with Crippen molar-refractivity contribution in [2.75, 3.05) is 0 Å². The average molecular weight is 215 g/mol. The molecule has 0 atom stereocenters. The van der Waals surface area contributed by atoms with Gasteiger partial charge >= 0.3 is 0 Å². The van der Waals surface area contributed by atoms with Gasteiger partial charge in [-0.3, -0.25) is 0 Å². The van der Waals surface area contributed by atoms with E-state index in [1.807, 2.05) is 4.57 Å². The van der Waals surface area contributed by atoms with Crippen LogP contribution in [0.15, 0.2) is 17.2 Å². The lowest BCUT2D eigenvalue weighted by atomic mass is 10.4. The summed E-state index contributed by atoms with van der Waals surface area (Å²) in [7, 11) is -3.60. The molecule has 0 spiro atoms. The molecular formula is C8H13N3O2S. The molecule has 0 aromatic carbocycles. The molecule has 1 aliphatic carbocycles. The number of rotatable bonds is 3. The average Bonchev–Trinajstić information content (AvgIpc) is 2.82. The summed E-state index contributed by atoms with van der Waals surface area (Å²) in [4.78, 5) is 0.157. The van der Waals surface area contributed by atoms with Crippen LogP contribution in [0, 0.1) is 0 Å². The highest BCUT2D eigenvalue weighted by molar-refractivity contribution is 7.89. The van der Waals surface area contributed by atoms with Gasteiger partial charge in [-0.1, -0.05) is 0 Å². The van der Waals surface area contributed by atoms with Crippen LogP contribution in [0.1, 0.15) is 24.6 Å². The minimum Gasteiger partial charge on any atom is -0.346 e. The minimum atomic E-state index is -3.60. The van der Waals surface area contributed by atoms with E-state index in [4.69, 9.17) is 10.9 Å². The van der Waals surface area contributed by atoms with Crippen LogP contribution in [0.5, 0.6) is 0 Å². The summed E-state index contributed by atoms with van der Waals surface area (Å²) < 4.78 is 24.1. The van der Waals surface area contributed by atoms with Crippen molar-refractivity contribution in [3.05, 3.63) is 18.0 Å². The fraction of sp³-hybridized carbons (Fsp3) is 0.500. The third-order valence-electron chi connectivity index (χ3n) is 2.38. The van der Waals surface area contributed by atoms with Crippen molar-refractivity contribution >= 4 is 10.0 Å². The number of hydrogen-bond donors (Lipinski definition) is 2. The first kappa shape index (κ1) is 9.70. The van der Waals surface area contributed by atoms with Gasteiger partial charge < -0.3 is 10.3 Å². The second kappa shape index (κ2) is 3.08. The first-order chi connectivity index (χ1) is 6.52. The Bertz CT molecular complexity index is 445. The van der Waals surface area contributed by atoms with E-state index in [-0.39, 0.29) is 4.90 Å². The molecule has 1 aromatic heterocycles. The number of primary sulfonamides is 1. The van der Waals surface area contributed by atoms with Crippen molar-refractivity contribution in [2.45, 2.75) is 30.3 Å². The zero-order chi connectivity index (χ0) is 10.3. The van der Waals surface area contributed by atoms with Gasteiger partial charge in [0.2, 0.25) is 10.0 Å². The molecular weight excluding hydrogens is 202 g/mol. The van der Waals surface area contributed by atoms with Gasteiger partial charge in [-0.15, -0.1) is 0 Å². The van der Waals surface area contributed by atoms with Gasteiger partial charge in [0.25, 0.3) is 0 Å². The van der Waals surface area contributed by atoms with Crippen molar-refractivity contribution < 1.29 is 8.42 Å². The second-order valence-corrected chi connectivity index (χ2v) is 5.12. The third kappa shape index (κ3) is 1.68. The van der Waals surface area contributed by atoms with E-state index in [1.54, 1.807) is 12.3 Å². The minimum absolute atomic E-state index is 0.157. The molecule has 1 aromatic rings. The van der Waals surface area contributed by atoms with Crippen molar-refractivity contribution in [3.8, 4) is 0 Å². The molecule has 0 aliphatic heterocycles. The summed E-state index contributed by atoms with van der Waals surface area (Å²) in [6.45, 7) is 0.339. The van der Waals surface area contributed by atoms with Gasteiger partial charge in [0.1, 0.15) is 0 Å². The predicted molar refractivity (Wildman–Crippen MR) is 52.0 cm³/mol. The van der Waals surface area contributed by atoms with Crippen molar-refractivity contribution in [1.82, 2.24) is 4.57 Å². The van der Waals surface area contributed by atoms with Crippen LogP contribution in [0.25, 0.3) is 0 Å². The summed E-state index contributed by atoms with van der Waals surface area (Å²) >= 11 is 0. The molecule has 2 rings (SSSR count). The van der Waals surface area contributed by atoms with E-state index < -0.39 is 10.0 Å². The molecule has 0 radical (unpaired) electrons. The Balaban J connectivity index is 2.46. The smallest absolute Gasteiger partial charge is 0.239 e. The summed E-state index contributed by atoms with van der Waals surface area (Å²) in [5.41, 5.74) is 6.35. The highest BCUT2D eigenvalue weighted by Gasteiger charge is 2.26. The zero-order valence-corrected chi connectivity index (χ0v) is 8.50. The molecule has 1 saturated carbocycles. The van der Waals surface area contributed by atoms with E-state index in [9.17, 15) is 8.42 Å². The molecule has 0 unspecified atom stereocenters. The molecule has 4 N–H and O–H groups in total. The first-order valence-electron chi connectivity index (χ1n) is 4.46. The largest absolute Gasteiger partial charge is 0.346 e. The molecule has 6 heteroatoms. The number of hydrogen-bond acceptors (Lipinski definition) is 3. The Kier molecular flexibility index (Phi) is 2.13. The van der Waals surface area contributed by atoms with Crippen LogP contribution in [0.4, 0.5) is 0 Å². The SMILES string of the molecule is NCc1cc(S(N)(=O)=O)cn1C1CC1. The van der Waals surface area contributed by atoms with Crippen LogP contribution in [0.2, 0.25) is 0 Å².